The van der Waals surface area contributed by atoms with Crippen molar-refractivity contribution in [2.24, 2.45) is 17.8 Å². The molecule has 1 spiro atoms. The Labute approximate surface area is 219 Å². The van der Waals surface area contributed by atoms with E-state index in [0.717, 1.165) is 13.1 Å². The monoisotopic (exact) mass is 519 g/mol. The molecule has 6 atom stereocenters. The lowest BCUT2D eigenvalue weighted by atomic mass is 9.62. The molecule has 10 nitrogen and oxygen atoms in total. The van der Waals surface area contributed by atoms with Crippen LogP contribution in [0.2, 0.25) is 0 Å². The number of morpholine rings is 1. The molecule has 4 aliphatic heterocycles. The molecule has 1 N–H and O–H groups in total. The van der Waals surface area contributed by atoms with Gasteiger partial charge >= 0.3 is 5.97 Å². The highest BCUT2D eigenvalue weighted by Crippen LogP contribution is 2.65. The summed E-state index contributed by atoms with van der Waals surface area (Å²) >= 11 is 0. The first-order valence-electron chi connectivity index (χ1n) is 13.3. The maximum atomic E-state index is 14.2. The van der Waals surface area contributed by atoms with Crippen LogP contribution in [-0.2, 0) is 28.6 Å². The highest BCUT2D eigenvalue weighted by molar-refractivity contribution is 5.98. The number of rotatable bonds is 12. The number of aliphatic hydroxyl groups is 1. The molecule has 4 saturated heterocycles. The van der Waals surface area contributed by atoms with Crippen LogP contribution in [0, 0.1) is 17.8 Å². The fourth-order valence-corrected chi connectivity index (χ4v) is 6.76. The predicted octanol–water partition coefficient (Wildman–Crippen LogP) is 0.456. The average molecular weight is 520 g/mol. The predicted molar refractivity (Wildman–Crippen MR) is 135 cm³/mol. The first kappa shape index (κ1) is 27.8. The fourth-order valence-electron chi connectivity index (χ4n) is 6.76. The lowest BCUT2D eigenvalue weighted by Crippen LogP contribution is -2.57. The fraction of sp³-hybridized carbons (Fsp3) is 0.741. The third-order valence-corrected chi connectivity index (χ3v) is 8.66. The van der Waals surface area contributed by atoms with Crippen LogP contribution in [0.5, 0.6) is 0 Å². The Balaban J connectivity index is 1.64. The van der Waals surface area contributed by atoms with E-state index in [2.05, 4.69) is 18.1 Å². The van der Waals surface area contributed by atoms with Crippen molar-refractivity contribution in [1.82, 2.24) is 14.7 Å². The van der Waals surface area contributed by atoms with E-state index in [1.165, 1.54) is 4.90 Å². The van der Waals surface area contributed by atoms with Crippen LogP contribution in [0.15, 0.2) is 25.3 Å². The Morgan fingerprint density at radius 2 is 1.97 bits per heavy atom. The third-order valence-electron chi connectivity index (χ3n) is 8.66. The number of aliphatic hydroxyl groups excluding tert-OH is 1. The second-order valence-corrected chi connectivity index (χ2v) is 10.7. The summed E-state index contributed by atoms with van der Waals surface area (Å²) in [6.07, 6.45) is 4.32. The van der Waals surface area contributed by atoms with Gasteiger partial charge in [-0.05, 0) is 25.7 Å². The van der Waals surface area contributed by atoms with Gasteiger partial charge in [0.15, 0.2) is 0 Å². The van der Waals surface area contributed by atoms with Crippen molar-refractivity contribution in [2.45, 2.75) is 43.9 Å². The minimum atomic E-state index is -1.15. The highest BCUT2D eigenvalue weighted by atomic mass is 16.6. The molecule has 0 aromatic heterocycles. The molecule has 37 heavy (non-hydrogen) atoms. The van der Waals surface area contributed by atoms with Crippen LogP contribution in [0.3, 0.4) is 0 Å². The number of amides is 2. The Hall–Kier alpha value is -2.27. The van der Waals surface area contributed by atoms with E-state index < -0.39 is 35.0 Å². The summed E-state index contributed by atoms with van der Waals surface area (Å²) in [5.41, 5.74) is -2.08. The Morgan fingerprint density at radius 3 is 2.62 bits per heavy atom. The molecule has 0 aliphatic carbocycles. The number of carbonyl (C=O) groups excluding carboxylic acids is 3. The molecule has 3 unspecified atom stereocenters. The first-order chi connectivity index (χ1) is 17.7. The maximum absolute atomic E-state index is 14.2. The Bertz CT molecular complexity index is 906. The molecule has 0 aromatic rings. The summed E-state index contributed by atoms with van der Waals surface area (Å²) in [5.74, 6) is -2.79. The second-order valence-electron chi connectivity index (χ2n) is 10.7. The number of hydrogen-bond acceptors (Lipinski definition) is 8. The van der Waals surface area contributed by atoms with Gasteiger partial charge in [-0.2, -0.15) is 0 Å². The van der Waals surface area contributed by atoms with Crippen molar-refractivity contribution in [3.8, 4) is 0 Å². The van der Waals surface area contributed by atoms with Gasteiger partial charge in [-0.1, -0.05) is 19.1 Å². The Kier molecular flexibility index (Phi) is 8.42. The number of β-amino-alcohol motifs (C(OH)–C–C–N with tert-alkyl or cyclic N) is 1. The normalized spacial score (nSPS) is 34.9. The van der Waals surface area contributed by atoms with Gasteiger partial charge in [0.1, 0.15) is 17.6 Å². The average Bonchev–Trinajstić information content (AvgIpc) is 3.39. The molecule has 4 fully saturated rings. The van der Waals surface area contributed by atoms with E-state index in [1.807, 2.05) is 13.8 Å². The van der Waals surface area contributed by atoms with Crippen LogP contribution in [0.1, 0.15) is 26.7 Å². The lowest BCUT2D eigenvalue weighted by molar-refractivity contribution is -0.162. The zero-order valence-corrected chi connectivity index (χ0v) is 22.1. The van der Waals surface area contributed by atoms with E-state index in [4.69, 9.17) is 14.2 Å². The molecule has 2 amide bonds. The molecule has 0 aromatic carbocycles. The van der Waals surface area contributed by atoms with Gasteiger partial charge in [-0.25, -0.2) is 0 Å². The summed E-state index contributed by atoms with van der Waals surface area (Å²) in [5, 5.41) is 9.82. The van der Waals surface area contributed by atoms with Crippen molar-refractivity contribution < 1.29 is 33.7 Å². The zero-order valence-electron chi connectivity index (χ0n) is 22.1. The number of carbonyl (C=O) groups is 3. The highest BCUT2D eigenvalue weighted by Gasteiger charge is 2.80. The van der Waals surface area contributed by atoms with Crippen LogP contribution < -0.4 is 0 Å². The molecule has 4 aliphatic rings. The zero-order chi connectivity index (χ0) is 26.8. The van der Waals surface area contributed by atoms with Crippen LogP contribution in [0.4, 0.5) is 0 Å². The molecule has 0 radical (unpaired) electrons. The molecule has 4 rings (SSSR count). The molecule has 4 heterocycles. The van der Waals surface area contributed by atoms with Gasteiger partial charge in [-0.15, -0.1) is 13.2 Å². The number of esters is 1. The van der Waals surface area contributed by atoms with Crippen molar-refractivity contribution in [2.75, 3.05) is 65.7 Å². The van der Waals surface area contributed by atoms with Crippen LogP contribution in [0.25, 0.3) is 0 Å². The molecule has 2 bridgehead atoms. The maximum Gasteiger partial charge on any atom is 0.312 e. The first-order valence-corrected chi connectivity index (χ1v) is 13.3. The number of hydrogen-bond donors (Lipinski definition) is 1. The lowest BCUT2D eigenvalue weighted by Gasteiger charge is -2.38. The largest absolute Gasteiger partial charge is 0.465 e. The van der Waals surface area contributed by atoms with Crippen molar-refractivity contribution in [1.29, 1.82) is 0 Å². The van der Waals surface area contributed by atoms with Crippen molar-refractivity contribution in [3.63, 3.8) is 0 Å². The van der Waals surface area contributed by atoms with E-state index in [0.29, 0.717) is 45.7 Å². The minimum Gasteiger partial charge on any atom is -0.465 e. The molecular formula is C27H41N3O7. The summed E-state index contributed by atoms with van der Waals surface area (Å²) in [6, 6.07) is -0.933. The second kappa shape index (κ2) is 11.2. The Morgan fingerprint density at radius 1 is 1.24 bits per heavy atom. The summed E-state index contributed by atoms with van der Waals surface area (Å²) < 4.78 is 17.6. The van der Waals surface area contributed by atoms with E-state index in [9.17, 15) is 19.5 Å². The topological polar surface area (TPSA) is 109 Å². The number of likely N-dealkylation sites (tertiary alicyclic amines) is 1. The summed E-state index contributed by atoms with van der Waals surface area (Å²) in [6.45, 7) is 15.6. The molecular weight excluding hydrogens is 478 g/mol. The summed E-state index contributed by atoms with van der Waals surface area (Å²) in [7, 11) is 0. The van der Waals surface area contributed by atoms with Crippen molar-refractivity contribution in [3.05, 3.63) is 25.3 Å². The number of fused-ring (bicyclic) bond motifs is 1. The van der Waals surface area contributed by atoms with Gasteiger partial charge in [0.25, 0.3) is 0 Å². The van der Waals surface area contributed by atoms with Gasteiger partial charge in [-0.3, -0.25) is 19.3 Å². The van der Waals surface area contributed by atoms with Gasteiger partial charge < -0.3 is 29.1 Å². The van der Waals surface area contributed by atoms with Gasteiger partial charge in [0, 0.05) is 39.3 Å². The third kappa shape index (κ3) is 4.73. The quantitative estimate of drug-likeness (QED) is 0.225. The SMILES string of the molecule is C=CCCOC(=O)[C@H]1[C@H]2C(=O)N(CCO)C(C(=O)N(CC=C)CCN3CCOCC3)C23CC(C)[C@]1(C)O3. The number of ether oxygens (including phenoxy) is 3. The standard InChI is InChI=1S/C27H41N3O7/c1-5-7-15-36-25(34)21-20-23(32)30(11-14-31)22(27(20)18-19(3)26(21,4)37-27)24(33)29(8-6-2)10-9-28-12-16-35-17-13-28/h5-6,19-22,31H,1-2,7-18H2,3-4H3/t19?,20-,21+,22?,26-,27?/m0/s1. The van der Waals surface area contributed by atoms with Gasteiger partial charge in [0.2, 0.25) is 11.8 Å². The molecule has 0 saturated carbocycles. The molecule has 206 valence electrons. The van der Waals surface area contributed by atoms with E-state index >= 15 is 0 Å². The van der Waals surface area contributed by atoms with Crippen LogP contribution >= 0.6 is 0 Å². The minimum absolute atomic E-state index is 0.00836. The van der Waals surface area contributed by atoms with Crippen LogP contribution in [-0.4, -0.2) is 121 Å². The van der Waals surface area contributed by atoms with Crippen molar-refractivity contribution >= 4 is 17.8 Å². The van der Waals surface area contributed by atoms with Gasteiger partial charge in [0.05, 0.1) is 37.9 Å². The smallest absolute Gasteiger partial charge is 0.312 e. The molecule has 10 heteroatoms. The van der Waals surface area contributed by atoms with E-state index in [-0.39, 0.29) is 37.5 Å². The van der Waals surface area contributed by atoms with E-state index in [1.54, 1.807) is 17.1 Å². The number of nitrogens with zero attached hydrogens (tertiary/aromatic N) is 3. The summed E-state index contributed by atoms with van der Waals surface area (Å²) in [4.78, 5) is 46.8.